The Morgan fingerprint density at radius 3 is 1.32 bits per heavy atom. The molecule has 0 aromatic heterocycles. The van der Waals surface area contributed by atoms with E-state index in [2.05, 4.69) is 78.1 Å². The number of carbonyl (C=O) groups is 1. The fourth-order valence-corrected chi connectivity index (χ4v) is 8.26. The molecule has 1 N–H and O–H groups in total. The van der Waals surface area contributed by atoms with Gasteiger partial charge in [-0.05, 0) is 48.5 Å². The van der Waals surface area contributed by atoms with Crippen LogP contribution in [0.5, 0.6) is 0 Å². The quantitative estimate of drug-likeness (QED) is 0.314. The van der Waals surface area contributed by atoms with Gasteiger partial charge in [0, 0.05) is 18.8 Å². The minimum Gasteiger partial charge on any atom is -0.358 e. The maximum absolute atomic E-state index is 13.3. The Morgan fingerprint density at radius 1 is 0.613 bits per heavy atom. The molecule has 152 valence electrons. The van der Waals surface area contributed by atoms with Crippen LogP contribution in [-0.2, 0) is 4.79 Å². The lowest BCUT2D eigenvalue weighted by Crippen LogP contribution is -2.34. The van der Waals surface area contributed by atoms with E-state index in [1.807, 2.05) is 54.7 Å². The van der Waals surface area contributed by atoms with Crippen molar-refractivity contribution < 1.29 is 4.79 Å². The Hall–Kier alpha value is -3.48. The van der Waals surface area contributed by atoms with Crippen molar-refractivity contribution in [2.24, 2.45) is 0 Å². The van der Waals surface area contributed by atoms with Crippen molar-refractivity contribution >= 4 is 34.6 Å². The van der Waals surface area contributed by atoms with Crippen LogP contribution < -0.4 is 21.2 Å². The first-order chi connectivity index (χ1) is 15.2. The molecule has 0 amide bonds. The Morgan fingerprint density at radius 2 is 0.968 bits per heavy atom. The molecule has 0 atom stereocenters. The summed E-state index contributed by atoms with van der Waals surface area (Å²) in [7, 11) is -2.41. The molecule has 4 aromatic carbocycles. The summed E-state index contributed by atoms with van der Waals surface area (Å²) in [5.41, 5.74) is 0.952. The van der Waals surface area contributed by atoms with Crippen LogP contribution in [-0.4, -0.2) is 5.78 Å². The Bertz CT molecular complexity index is 1060. The van der Waals surface area contributed by atoms with Crippen LogP contribution in [0.15, 0.2) is 133 Å². The largest absolute Gasteiger partial charge is 0.358 e. The second kappa shape index (κ2) is 9.55. The SMILES string of the molecule is CC(=O)C(=CNc1ccccc1)[P+](c1ccccc1)(c1ccccc1)c1ccccc1. The summed E-state index contributed by atoms with van der Waals surface area (Å²) in [6.45, 7) is 1.67. The lowest BCUT2D eigenvalue weighted by Gasteiger charge is -2.28. The molecule has 0 bridgehead atoms. The minimum atomic E-state index is -2.41. The van der Waals surface area contributed by atoms with E-state index in [4.69, 9.17) is 0 Å². The molecule has 0 aliphatic heterocycles. The molecule has 0 heterocycles. The van der Waals surface area contributed by atoms with E-state index in [-0.39, 0.29) is 5.78 Å². The van der Waals surface area contributed by atoms with Gasteiger partial charge in [0.15, 0.2) is 11.1 Å². The molecule has 0 radical (unpaired) electrons. The standard InChI is InChI=1S/C28H24NOP/c1-23(30)28(22-29-24-14-6-2-7-15-24)31(25-16-8-3-9-17-25,26-18-10-4-11-19-26)27-20-12-5-13-21-27/h2-22H,1H3/p+1. The molecule has 0 aliphatic carbocycles. The predicted octanol–water partition coefficient (Wildman–Crippen LogP) is 5.52. The highest BCUT2D eigenvalue weighted by molar-refractivity contribution is 7.99. The molecule has 3 heteroatoms. The van der Waals surface area contributed by atoms with E-state index in [1.54, 1.807) is 6.92 Å². The van der Waals surface area contributed by atoms with Crippen molar-refractivity contribution in [1.29, 1.82) is 0 Å². The fourth-order valence-electron chi connectivity index (χ4n) is 3.94. The van der Waals surface area contributed by atoms with Crippen molar-refractivity contribution in [3.63, 3.8) is 0 Å². The second-order valence-electron chi connectivity index (χ2n) is 7.27. The van der Waals surface area contributed by atoms with Gasteiger partial charge < -0.3 is 5.32 Å². The molecule has 0 unspecified atom stereocenters. The van der Waals surface area contributed by atoms with Crippen LogP contribution in [0.1, 0.15) is 6.92 Å². The summed E-state index contributed by atoms with van der Waals surface area (Å²) in [4.78, 5) is 13.3. The average molecular weight is 422 g/mol. The van der Waals surface area contributed by atoms with Crippen LogP contribution in [0.25, 0.3) is 0 Å². The van der Waals surface area contributed by atoms with E-state index in [0.29, 0.717) is 0 Å². The zero-order valence-electron chi connectivity index (χ0n) is 17.5. The number of hydrogen-bond donors (Lipinski definition) is 1. The molecule has 0 spiro atoms. The van der Waals surface area contributed by atoms with Crippen LogP contribution in [0.3, 0.4) is 0 Å². The number of hydrogen-bond acceptors (Lipinski definition) is 2. The van der Waals surface area contributed by atoms with Crippen LogP contribution in [0.4, 0.5) is 5.69 Å². The third-order valence-electron chi connectivity index (χ3n) is 5.30. The van der Waals surface area contributed by atoms with Crippen molar-refractivity contribution in [2.45, 2.75) is 6.92 Å². The number of benzene rings is 4. The van der Waals surface area contributed by atoms with Gasteiger partial charge in [-0.25, -0.2) is 0 Å². The maximum atomic E-state index is 13.3. The van der Waals surface area contributed by atoms with Gasteiger partial charge in [0.2, 0.25) is 0 Å². The Balaban J connectivity index is 2.04. The highest BCUT2D eigenvalue weighted by Gasteiger charge is 2.51. The number of anilines is 1. The minimum absolute atomic E-state index is 0.0633. The van der Waals surface area contributed by atoms with Gasteiger partial charge in [0.25, 0.3) is 0 Å². The first-order valence-electron chi connectivity index (χ1n) is 10.3. The zero-order chi connectivity index (χ0) is 21.5. The number of ketones is 1. The summed E-state index contributed by atoms with van der Waals surface area (Å²) < 4.78 is 0. The van der Waals surface area contributed by atoms with Crippen molar-refractivity contribution in [3.8, 4) is 0 Å². The van der Waals surface area contributed by atoms with Crippen molar-refractivity contribution in [3.05, 3.63) is 133 Å². The normalized spacial score (nSPS) is 11.7. The van der Waals surface area contributed by atoms with Gasteiger partial charge in [0.1, 0.15) is 23.2 Å². The molecule has 0 saturated heterocycles. The molecule has 4 aromatic rings. The number of allylic oxidation sites excluding steroid dienone is 1. The zero-order valence-corrected chi connectivity index (χ0v) is 18.4. The summed E-state index contributed by atoms with van der Waals surface area (Å²) in [5.74, 6) is 0.0633. The first-order valence-corrected chi connectivity index (χ1v) is 12.1. The van der Waals surface area contributed by atoms with E-state index in [1.165, 1.54) is 0 Å². The molecule has 0 fully saturated rings. The highest BCUT2D eigenvalue weighted by Crippen LogP contribution is 2.62. The summed E-state index contributed by atoms with van der Waals surface area (Å²) in [6.07, 6.45) is 1.92. The molecule has 0 saturated carbocycles. The van der Waals surface area contributed by atoms with Crippen LogP contribution in [0, 0.1) is 0 Å². The highest BCUT2D eigenvalue weighted by atomic mass is 31.2. The molecule has 4 rings (SSSR count). The molecule has 31 heavy (non-hydrogen) atoms. The van der Waals surface area contributed by atoms with Crippen LogP contribution >= 0.6 is 7.26 Å². The van der Waals surface area contributed by atoms with Gasteiger partial charge >= 0.3 is 0 Å². The number of rotatable bonds is 7. The van der Waals surface area contributed by atoms with E-state index in [0.717, 1.165) is 26.9 Å². The van der Waals surface area contributed by atoms with Gasteiger partial charge in [-0.1, -0.05) is 72.8 Å². The summed E-state index contributed by atoms with van der Waals surface area (Å²) in [5, 5.41) is 7.65. The number of carbonyl (C=O) groups excluding carboxylic acids is 1. The molecule has 0 aliphatic rings. The lowest BCUT2D eigenvalue weighted by molar-refractivity contribution is -0.113. The van der Waals surface area contributed by atoms with Crippen LogP contribution in [0.2, 0.25) is 0 Å². The van der Waals surface area contributed by atoms with E-state index < -0.39 is 7.26 Å². The van der Waals surface area contributed by atoms with E-state index >= 15 is 0 Å². The average Bonchev–Trinajstić information content (AvgIpc) is 2.84. The predicted molar refractivity (Wildman–Crippen MR) is 134 cm³/mol. The first kappa shape index (κ1) is 20.8. The molecular formula is C28H25NOP+. The van der Waals surface area contributed by atoms with Crippen molar-refractivity contribution in [1.82, 2.24) is 0 Å². The van der Waals surface area contributed by atoms with Gasteiger partial charge in [-0.15, -0.1) is 0 Å². The lowest BCUT2D eigenvalue weighted by atomic mass is 10.3. The molecular weight excluding hydrogens is 397 g/mol. The van der Waals surface area contributed by atoms with Crippen molar-refractivity contribution in [2.75, 3.05) is 5.32 Å². The summed E-state index contributed by atoms with van der Waals surface area (Å²) >= 11 is 0. The number of nitrogens with one attached hydrogen (secondary N) is 1. The molecule has 2 nitrogen and oxygen atoms in total. The van der Waals surface area contributed by atoms with E-state index in [9.17, 15) is 4.79 Å². The third-order valence-corrected chi connectivity index (χ3v) is 9.69. The smallest absolute Gasteiger partial charge is 0.197 e. The van der Waals surface area contributed by atoms with Gasteiger partial charge in [-0.2, -0.15) is 0 Å². The third kappa shape index (κ3) is 4.21. The van der Waals surface area contributed by atoms with Gasteiger partial charge in [0.05, 0.1) is 0 Å². The topological polar surface area (TPSA) is 29.1 Å². The number of para-hydroxylation sites is 1. The van der Waals surface area contributed by atoms with Gasteiger partial charge in [-0.3, -0.25) is 4.79 Å². The fraction of sp³-hybridized carbons (Fsp3) is 0.0357. The monoisotopic (exact) mass is 422 g/mol. The second-order valence-corrected chi connectivity index (χ2v) is 10.6. The summed E-state index contributed by atoms with van der Waals surface area (Å²) in [6, 6.07) is 41.2. The Labute approximate surface area is 184 Å². The Kier molecular flexibility index (Phi) is 6.40. The maximum Gasteiger partial charge on any atom is 0.197 e. The number of Topliss-reactive ketones (excluding diaryl/α,β-unsaturated/α-hetero) is 1.